The van der Waals surface area contributed by atoms with E-state index in [4.69, 9.17) is 10.6 Å². The number of nitrogens with two attached hydrogens (primary N) is 1. The molecule has 1 aromatic rings. The van der Waals surface area contributed by atoms with Crippen molar-refractivity contribution in [1.29, 1.82) is 0 Å². The van der Waals surface area contributed by atoms with Crippen LogP contribution in [0.5, 0.6) is 0 Å². The highest BCUT2D eigenvalue weighted by molar-refractivity contribution is 5.81. The first kappa shape index (κ1) is 13.0. The van der Waals surface area contributed by atoms with Crippen LogP contribution < -0.4 is 11.3 Å². The van der Waals surface area contributed by atoms with Gasteiger partial charge in [-0.3, -0.25) is 15.1 Å². The lowest BCUT2D eigenvalue weighted by molar-refractivity contribution is -0.139. The monoisotopic (exact) mass is 249 g/mol. The lowest BCUT2D eigenvalue weighted by Crippen LogP contribution is -2.58. The van der Waals surface area contributed by atoms with Gasteiger partial charge >= 0.3 is 0 Å². The summed E-state index contributed by atoms with van der Waals surface area (Å²) in [4.78, 5) is 13.9. The quantitative estimate of drug-likeness (QED) is 0.458. The van der Waals surface area contributed by atoms with Crippen molar-refractivity contribution < 1.29 is 9.53 Å². The number of carbonyl (C=O) groups is 1. The Balaban J connectivity index is 2.11. The van der Waals surface area contributed by atoms with E-state index < -0.39 is 0 Å². The molecule has 0 bridgehead atoms. The topological polar surface area (TPSA) is 67.6 Å². The summed E-state index contributed by atoms with van der Waals surface area (Å²) in [6.45, 7) is 4.00. The van der Waals surface area contributed by atoms with E-state index in [1.54, 1.807) is 0 Å². The van der Waals surface area contributed by atoms with Gasteiger partial charge in [0, 0.05) is 13.1 Å². The van der Waals surface area contributed by atoms with Crippen molar-refractivity contribution in [3.05, 3.63) is 35.9 Å². The lowest BCUT2D eigenvalue weighted by atomic mass is 10.1. The Labute approximate surface area is 107 Å². The molecule has 0 aromatic heterocycles. The smallest absolute Gasteiger partial charge is 0.253 e. The molecule has 1 aliphatic heterocycles. The van der Waals surface area contributed by atoms with Gasteiger partial charge in [0.25, 0.3) is 5.91 Å². The van der Waals surface area contributed by atoms with Crippen LogP contribution in [0.15, 0.2) is 30.3 Å². The number of carbonyl (C=O) groups excluding carboxylic acids is 1. The summed E-state index contributed by atoms with van der Waals surface area (Å²) in [5, 5.41) is 0. The Morgan fingerprint density at radius 3 is 2.89 bits per heavy atom. The van der Waals surface area contributed by atoms with Crippen LogP contribution in [0.25, 0.3) is 0 Å². The second-order valence-electron chi connectivity index (χ2n) is 4.49. The molecule has 5 nitrogen and oxygen atoms in total. The molecular formula is C13H19N3O2. The average Bonchev–Trinajstić information content (AvgIpc) is 2.39. The van der Waals surface area contributed by atoms with Crippen LogP contribution >= 0.6 is 0 Å². The number of amides is 1. The van der Waals surface area contributed by atoms with Gasteiger partial charge in [-0.25, -0.2) is 5.84 Å². The molecule has 1 heterocycles. The highest BCUT2D eigenvalue weighted by Gasteiger charge is 2.34. The number of ether oxygens (including phenoxy) is 1. The first-order valence-electron chi connectivity index (χ1n) is 6.12. The normalized spacial score (nSPS) is 24.8. The van der Waals surface area contributed by atoms with E-state index in [1.165, 1.54) is 5.56 Å². The standard InChI is InChI=1S/C13H19N3O2/c1-10-12(13(17)15-14)16(7-8-18-10)9-11-5-3-2-4-6-11/h2-6,10,12H,7-9,14H2,1H3,(H,15,17). The van der Waals surface area contributed by atoms with Crippen molar-refractivity contribution in [2.45, 2.75) is 25.6 Å². The zero-order chi connectivity index (χ0) is 13.0. The van der Waals surface area contributed by atoms with Crippen LogP contribution in [0.1, 0.15) is 12.5 Å². The summed E-state index contributed by atoms with van der Waals surface area (Å²) in [7, 11) is 0. The fourth-order valence-electron chi connectivity index (χ4n) is 2.34. The lowest BCUT2D eigenvalue weighted by Gasteiger charge is -2.38. The molecule has 0 radical (unpaired) electrons. The SMILES string of the molecule is CC1OCCN(Cc2ccccc2)C1C(=O)NN. The van der Waals surface area contributed by atoms with Crippen LogP contribution in [-0.4, -0.2) is 36.1 Å². The molecule has 98 valence electrons. The molecule has 1 amide bonds. The maximum Gasteiger partial charge on any atom is 0.253 e. The zero-order valence-electron chi connectivity index (χ0n) is 10.5. The van der Waals surface area contributed by atoms with Crippen molar-refractivity contribution in [2.24, 2.45) is 5.84 Å². The number of hydrogen-bond acceptors (Lipinski definition) is 4. The maximum absolute atomic E-state index is 11.8. The molecule has 1 saturated heterocycles. The van der Waals surface area contributed by atoms with Crippen molar-refractivity contribution >= 4 is 5.91 Å². The molecule has 1 fully saturated rings. The third-order valence-electron chi connectivity index (χ3n) is 3.24. The summed E-state index contributed by atoms with van der Waals surface area (Å²) >= 11 is 0. The van der Waals surface area contributed by atoms with Gasteiger partial charge < -0.3 is 4.74 Å². The minimum atomic E-state index is -0.330. The number of hydrazine groups is 1. The van der Waals surface area contributed by atoms with Crippen LogP contribution in [0.4, 0.5) is 0 Å². The molecule has 1 aromatic carbocycles. The summed E-state index contributed by atoms with van der Waals surface area (Å²) in [5.74, 6) is 5.04. The van der Waals surface area contributed by atoms with Crippen LogP contribution in [0.2, 0.25) is 0 Å². The van der Waals surface area contributed by atoms with E-state index in [0.29, 0.717) is 6.61 Å². The molecule has 18 heavy (non-hydrogen) atoms. The average molecular weight is 249 g/mol. The van der Waals surface area contributed by atoms with Gasteiger partial charge in [0.15, 0.2) is 0 Å². The van der Waals surface area contributed by atoms with Crippen molar-refractivity contribution in [3.8, 4) is 0 Å². The third-order valence-corrected chi connectivity index (χ3v) is 3.24. The second kappa shape index (κ2) is 5.95. The number of morpholine rings is 1. The first-order valence-corrected chi connectivity index (χ1v) is 6.12. The van der Waals surface area contributed by atoms with Gasteiger partial charge in [-0.05, 0) is 12.5 Å². The molecule has 1 aliphatic rings. The summed E-state index contributed by atoms with van der Waals surface area (Å²) < 4.78 is 5.52. The molecule has 0 aliphatic carbocycles. The van der Waals surface area contributed by atoms with E-state index in [9.17, 15) is 4.79 Å². The molecular weight excluding hydrogens is 230 g/mol. The van der Waals surface area contributed by atoms with E-state index in [-0.39, 0.29) is 18.1 Å². The fraction of sp³-hybridized carbons (Fsp3) is 0.462. The van der Waals surface area contributed by atoms with Crippen molar-refractivity contribution in [1.82, 2.24) is 10.3 Å². The molecule has 2 unspecified atom stereocenters. The first-order chi connectivity index (χ1) is 8.72. The Bertz CT molecular complexity index is 396. The van der Waals surface area contributed by atoms with Gasteiger partial charge in [0.2, 0.25) is 0 Å². The van der Waals surface area contributed by atoms with Gasteiger partial charge in [-0.1, -0.05) is 30.3 Å². The molecule has 2 atom stereocenters. The molecule has 0 saturated carbocycles. The van der Waals surface area contributed by atoms with Crippen LogP contribution in [0, 0.1) is 0 Å². The van der Waals surface area contributed by atoms with E-state index in [2.05, 4.69) is 22.5 Å². The Hall–Kier alpha value is -1.43. The largest absolute Gasteiger partial charge is 0.375 e. The van der Waals surface area contributed by atoms with Gasteiger partial charge in [0.05, 0.1) is 12.7 Å². The fourth-order valence-corrected chi connectivity index (χ4v) is 2.34. The Morgan fingerprint density at radius 2 is 2.22 bits per heavy atom. The Morgan fingerprint density at radius 1 is 1.50 bits per heavy atom. The van der Waals surface area contributed by atoms with E-state index in [1.807, 2.05) is 25.1 Å². The third kappa shape index (κ3) is 2.87. The predicted octanol–water partition coefficient (Wildman–Crippen LogP) is 0.266. The second-order valence-corrected chi connectivity index (χ2v) is 4.49. The van der Waals surface area contributed by atoms with Crippen molar-refractivity contribution in [2.75, 3.05) is 13.2 Å². The minimum absolute atomic E-state index is 0.147. The number of benzene rings is 1. The number of hydrogen-bond donors (Lipinski definition) is 2. The molecule has 0 spiro atoms. The summed E-state index contributed by atoms with van der Waals surface area (Å²) in [6.07, 6.45) is -0.147. The highest BCUT2D eigenvalue weighted by Crippen LogP contribution is 2.17. The zero-order valence-corrected chi connectivity index (χ0v) is 10.5. The number of nitrogens with zero attached hydrogens (tertiary/aromatic N) is 1. The van der Waals surface area contributed by atoms with Gasteiger partial charge in [-0.2, -0.15) is 0 Å². The van der Waals surface area contributed by atoms with Gasteiger partial charge in [0.1, 0.15) is 6.04 Å². The highest BCUT2D eigenvalue weighted by atomic mass is 16.5. The molecule has 2 rings (SSSR count). The van der Waals surface area contributed by atoms with Crippen LogP contribution in [-0.2, 0) is 16.1 Å². The summed E-state index contributed by atoms with van der Waals surface area (Å²) in [6, 6.07) is 9.75. The molecule has 5 heteroatoms. The maximum atomic E-state index is 11.8. The number of nitrogens with one attached hydrogen (secondary N) is 1. The number of rotatable bonds is 3. The molecule has 3 N–H and O–H groups in total. The van der Waals surface area contributed by atoms with E-state index >= 15 is 0 Å². The van der Waals surface area contributed by atoms with Crippen molar-refractivity contribution in [3.63, 3.8) is 0 Å². The summed E-state index contributed by atoms with van der Waals surface area (Å²) in [5.41, 5.74) is 3.40. The Kier molecular flexibility index (Phi) is 4.30. The van der Waals surface area contributed by atoms with Gasteiger partial charge in [-0.15, -0.1) is 0 Å². The minimum Gasteiger partial charge on any atom is -0.375 e. The van der Waals surface area contributed by atoms with E-state index in [0.717, 1.165) is 13.1 Å². The predicted molar refractivity (Wildman–Crippen MR) is 68.4 cm³/mol. The van der Waals surface area contributed by atoms with Crippen LogP contribution in [0.3, 0.4) is 0 Å².